The molecule has 0 spiro atoms. The standard InChI is InChI=1S/C13H16N4O2/c1-17-7-10(14)12(16-17)13(18)15-11-6-4-3-5-9(11)8-19-2/h3-7H,8,14H2,1-2H3,(H,15,18). The molecule has 0 bridgehead atoms. The van der Waals surface area contributed by atoms with Gasteiger partial charge < -0.3 is 15.8 Å². The summed E-state index contributed by atoms with van der Waals surface area (Å²) < 4.78 is 6.59. The summed E-state index contributed by atoms with van der Waals surface area (Å²) in [5.41, 5.74) is 7.88. The normalized spacial score (nSPS) is 10.4. The van der Waals surface area contributed by atoms with E-state index in [4.69, 9.17) is 10.5 Å². The zero-order chi connectivity index (χ0) is 13.8. The van der Waals surface area contributed by atoms with Gasteiger partial charge in [0.05, 0.1) is 12.3 Å². The van der Waals surface area contributed by atoms with Crippen LogP contribution in [0.4, 0.5) is 11.4 Å². The van der Waals surface area contributed by atoms with Crippen LogP contribution in [0.15, 0.2) is 30.5 Å². The number of para-hydroxylation sites is 1. The minimum Gasteiger partial charge on any atom is -0.396 e. The first-order valence-corrected chi connectivity index (χ1v) is 5.79. The summed E-state index contributed by atoms with van der Waals surface area (Å²) in [6.45, 7) is 0.425. The predicted octanol–water partition coefficient (Wildman–Crippen LogP) is 1.40. The Labute approximate surface area is 111 Å². The summed E-state index contributed by atoms with van der Waals surface area (Å²) in [5.74, 6) is -0.332. The number of anilines is 2. The van der Waals surface area contributed by atoms with E-state index in [1.165, 1.54) is 4.68 Å². The first-order chi connectivity index (χ1) is 9.11. The van der Waals surface area contributed by atoms with Crippen LogP contribution in [0.25, 0.3) is 0 Å². The van der Waals surface area contributed by atoms with E-state index in [2.05, 4.69) is 10.4 Å². The molecule has 100 valence electrons. The van der Waals surface area contributed by atoms with E-state index in [-0.39, 0.29) is 11.6 Å². The number of carbonyl (C=O) groups is 1. The molecule has 0 saturated carbocycles. The largest absolute Gasteiger partial charge is 0.396 e. The van der Waals surface area contributed by atoms with E-state index in [1.807, 2.05) is 24.3 Å². The van der Waals surface area contributed by atoms with E-state index < -0.39 is 0 Å². The molecule has 0 aliphatic carbocycles. The maximum Gasteiger partial charge on any atom is 0.278 e. The molecular weight excluding hydrogens is 244 g/mol. The van der Waals surface area contributed by atoms with Gasteiger partial charge in [-0.25, -0.2) is 0 Å². The van der Waals surface area contributed by atoms with Crippen LogP contribution in [0.5, 0.6) is 0 Å². The zero-order valence-corrected chi connectivity index (χ0v) is 10.9. The number of nitrogens with two attached hydrogens (primary N) is 1. The molecule has 1 aromatic heterocycles. The number of carbonyl (C=O) groups excluding carboxylic acids is 1. The highest BCUT2D eigenvalue weighted by Gasteiger charge is 2.15. The van der Waals surface area contributed by atoms with Crippen molar-refractivity contribution >= 4 is 17.3 Å². The Balaban J connectivity index is 2.21. The second-order valence-electron chi connectivity index (χ2n) is 4.15. The highest BCUT2D eigenvalue weighted by molar-refractivity contribution is 6.06. The molecule has 0 aliphatic rings. The van der Waals surface area contributed by atoms with Crippen molar-refractivity contribution in [2.75, 3.05) is 18.2 Å². The van der Waals surface area contributed by atoms with Gasteiger partial charge in [0, 0.05) is 31.6 Å². The number of benzene rings is 1. The lowest BCUT2D eigenvalue weighted by molar-refractivity contribution is 0.102. The number of nitrogens with one attached hydrogen (secondary N) is 1. The fourth-order valence-corrected chi connectivity index (χ4v) is 1.79. The minimum absolute atomic E-state index is 0.217. The summed E-state index contributed by atoms with van der Waals surface area (Å²) >= 11 is 0. The summed E-state index contributed by atoms with van der Waals surface area (Å²) in [6, 6.07) is 7.43. The van der Waals surface area contributed by atoms with Crippen LogP contribution in [0, 0.1) is 0 Å². The number of hydrogen-bond acceptors (Lipinski definition) is 4. The summed E-state index contributed by atoms with van der Waals surface area (Å²) in [7, 11) is 3.32. The number of nitrogens with zero attached hydrogens (tertiary/aromatic N) is 2. The second kappa shape index (κ2) is 5.53. The molecular formula is C13H16N4O2. The van der Waals surface area contributed by atoms with Crippen molar-refractivity contribution in [1.29, 1.82) is 0 Å². The molecule has 0 aliphatic heterocycles. The van der Waals surface area contributed by atoms with Crippen molar-refractivity contribution in [3.05, 3.63) is 41.7 Å². The van der Waals surface area contributed by atoms with Crippen LogP contribution in [-0.2, 0) is 18.4 Å². The number of aromatic nitrogens is 2. The van der Waals surface area contributed by atoms with Gasteiger partial charge in [0.25, 0.3) is 5.91 Å². The second-order valence-corrected chi connectivity index (χ2v) is 4.15. The first kappa shape index (κ1) is 13.1. The van der Waals surface area contributed by atoms with Crippen molar-refractivity contribution in [2.24, 2.45) is 7.05 Å². The quantitative estimate of drug-likeness (QED) is 0.870. The average molecular weight is 260 g/mol. The molecule has 0 saturated heterocycles. The number of methoxy groups -OCH3 is 1. The number of nitrogen functional groups attached to an aromatic ring is 1. The van der Waals surface area contributed by atoms with E-state index in [1.54, 1.807) is 20.4 Å². The number of ether oxygens (including phenoxy) is 1. The van der Waals surface area contributed by atoms with Crippen LogP contribution in [0.1, 0.15) is 16.1 Å². The van der Waals surface area contributed by atoms with Gasteiger partial charge in [-0.15, -0.1) is 0 Å². The maximum atomic E-state index is 12.1. The van der Waals surface area contributed by atoms with Crippen LogP contribution in [-0.4, -0.2) is 22.8 Å². The topological polar surface area (TPSA) is 82.2 Å². The van der Waals surface area contributed by atoms with Crippen LogP contribution in [0.3, 0.4) is 0 Å². The molecule has 0 fully saturated rings. The van der Waals surface area contributed by atoms with E-state index >= 15 is 0 Å². The molecule has 19 heavy (non-hydrogen) atoms. The minimum atomic E-state index is -0.332. The monoisotopic (exact) mass is 260 g/mol. The summed E-state index contributed by atoms with van der Waals surface area (Å²) in [6.07, 6.45) is 1.59. The van der Waals surface area contributed by atoms with Gasteiger partial charge in [-0.1, -0.05) is 18.2 Å². The smallest absolute Gasteiger partial charge is 0.278 e. The lowest BCUT2D eigenvalue weighted by Crippen LogP contribution is -2.15. The lowest BCUT2D eigenvalue weighted by Gasteiger charge is -2.09. The third-order valence-corrected chi connectivity index (χ3v) is 2.64. The molecule has 6 heteroatoms. The number of aryl methyl sites for hydroxylation is 1. The van der Waals surface area contributed by atoms with Crippen LogP contribution in [0.2, 0.25) is 0 Å². The average Bonchev–Trinajstić information content (AvgIpc) is 2.71. The third kappa shape index (κ3) is 2.92. The van der Waals surface area contributed by atoms with Gasteiger partial charge in [-0.3, -0.25) is 9.48 Å². The van der Waals surface area contributed by atoms with Crippen molar-refractivity contribution in [3.63, 3.8) is 0 Å². The molecule has 2 rings (SSSR count). The predicted molar refractivity (Wildman–Crippen MR) is 72.7 cm³/mol. The van der Waals surface area contributed by atoms with Gasteiger partial charge in [-0.2, -0.15) is 5.10 Å². The molecule has 1 heterocycles. The third-order valence-electron chi connectivity index (χ3n) is 2.64. The Morgan fingerprint density at radius 3 is 2.84 bits per heavy atom. The number of rotatable bonds is 4. The van der Waals surface area contributed by atoms with Crippen molar-refractivity contribution in [2.45, 2.75) is 6.61 Å². The molecule has 0 atom stereocenters. The molecule has 0 unspecified atom stereocenters. The van der Waals surface area contributed by atoms with E-state index in [0.717, 1.165) is 5.56 Å². The van der Waals surface area contributed by atoms with Crippen LogP contribution < -0.4 is 11.1 Å². The van der Waals surface area contributed by atoms with Gasteiger partial charge in [0.2, 0.25) is 0 Å². The Hall–Kier alpha value is -2.34. The van der Waals surface area contributed by atoms with Crippen molar-refractivity contribution in [3.8, 4) is 0 Å². The Morgan fingerprint density at radius 2 is 2.21 bits per heavy atom. The molecule has 0 radical (unpaired) electrons. The van der Waals surface area contributed by atoms with Crippen molar-refractivity contribution < 1.29 is 9.53 Å². The molecule has 2 aromatic rings. The lowest BCUT2D eigenvalue weighted by atomic mass is 10.2. The highest BCUT2D eigenvalue weighted by Crippen LogP contribution is 2.18. The van der Waals surface area contributed by atoms with Gasteiger partial charge in [-0.05, 0) is 6.07 Å². The Kier molecular flexibility index (Phi) is 3.82. The molecule has 3 N–H and O–H groups in total. The summed E-state index contributed by atoms with van der Waals surface area (Å²) in [4.78, 5) is 12.1. The molecule has 6 nitrogen and oxygen atoms in total. The first-order valence-electron chi connectivity index (χ1n) is 5.79. The van der Waals surface area contributed by atoms with Crippen LogP contribution >= 0.6 is 0 Å². The fourth-order valence-electron chi connectivity index (χ4n) is 1.79. The van der Waals surface area contributed by atoms with Crippen molar-refractivity contribution in [1.82, 2.24) is 9.78 Å². The number of amides is 1. The Bertz CT molecular complexity index is 592. The van der Waals surface area contributed by atoms with E-state index in [0.29, 0.717) is 18.0 Å². The van der Waals surface area contributed by atoms with Gasteiger partial charge in [0.15, 0.2) is 5.69 Å². The fraction of sp³-hybridized carbons (Fsp3) is 0.231. The molecule has 1 amide bonds. The maximum absolute atomic E-state index is 12.1. The van der Waals surface area contributed by atoms with Gasteiger partial charge >= 0.3 is 0 Å². The Morgan fingerprint density at radius 1 is 1.47 bits per heavy atom. The van der Waals surface area contributed by atoms with E-state index in [9.17, 15) is 4.79 Å². The number of hydrogen-bond donors (Lipinski definition) is 2. The zero-order valence-electron chi connectivity index (χ0n) is 10.9. The summed E-state index contributed by atoms with van der Waals surface area (Å²) in [5, 5.41) is 6.82. The molecule has 1 aromatic carbocycles. The van der Waals surface area contributed by atoms with Gasteiger partial charge in [0.1, 0.15) is 0 Å². The highest BCUT2D eigenvalue weighted by atomic mass is 16.5. The SMILES string of the molecule is COCc1ccccc1NC(=O)c1nn(C)cc1N.